The lowest BCUT2D eigenvalue weighted by molar-refractivity contribution is 0.0949. The number of carbonyl (C=O) groups excluding carboxylic acids is 1. The molecule has 0 atom stereocenters. The average molecular weight is 335 g/mol. The molecule has 23 heavy (non-hydrogen) atoms. The number of hydrogen-bond donors (Lipinski definition) is 1. The quantitative estimate of drug-likeness (QED) is 0.883. The summed E-state index contributed by atoms with van der Waals surface area (Å²) in [5.74, 6) is 0.0391. The summed E-state index contributed by atoms with van der Waals surface area (Å²) < 4.78 is 1.76. The van der Waals surface area contributed by atoms with Crippen molar-refractivity contribution in [3.63, 3.8) is 0 Å². The second-order valence-corrected chi connectivity index (χ2v) is 6.43. The maximum atomic E-state index is 12.5. The maximum Gasteiger partial charge on any atom is 0.254 e. The predicted octanol–water partition coefficient (Wildman–Crippen LogP) is 2.94. The smallest absolute Gasteiger partial charge is 0.254 e. The molecular weight excluding hydrogens is 312 g/mol. The summed E-state index contributed by atoms with van der Waals surface area (Å²) in [5, 5.41) is 7.94. The van der Waals surface area contributed by atoms with Crippen LogP contribution in [0.3, 0.4) is 0 Å². The van der Waals surface area contributed by atoms with E-state index in [2.05, 4.69) is 10.4 Å². The van der Waals surface area contributed by atoms with Gasteiger partial charge in [-0.2, -0.15) is 5.10 Å². The zero-order valence-corrected chi connectivity index (χ0v) is 14.8. The van der Waals surface area contributed by atoms with E-state index in [0.717, 1.165) is 17.9 Å². The van der Waals surface area contributed by atoms with E-state index < -0.39 is 0 Å². The number of nitrogens with one attached hydrogen (secondary N) is 1. The Balaban J connectivity index is 2.32. The molecule has 1 heterocycles. The summed E-state index contributed by atoms with van der Waals surface area (Å²) in [6.45, 7) is 5.48. The molecule has 1 N–H and O–H groups in total. The van der Waals surface area contributed by atoms with Gasteiger partial charge in [0.15, 0.2) is 0 Å². The maximum absolute atomic E-state index is 12.5. The highest BCUT2D eigenvalue weighted by Crippen LogP contribution is 2.26. The van der Waals surface area contributed by atoms with Gasteiger partial charge in [0.2, 0.25) is 0 Å². The third kappa shape index (κ3) is 4.12. The molecule has 0 spiro atoms. The van der Waals surface area contributed by atoms with Crippen LogP contribution in [0.5, 0.6) is 0 Å². The number of nitrogens with zero attached hydrogens (tertiary/aromatic N) is 3. The molecule has 0 fully saturated rings. The van der Waals surface area contributed by atoms with E-state index in [9.17, 15) is 4.79 Å². The van der Waals surface area contributed by atoms with E-state index in [1.54, 1.807) is 10.9 Å². The van der Waals surface area contributed by atoms with E-state index in [1.807, 2.05) is 57.1 Å². The van der Waals surface area contributed by atoms with E-state index >= 15 is 0 Å². The molecule has 0 aliphatic carbocycles. The molecule has 124 valence electrons. The van der Waals surface area contributed by atoms with Crippen LogP contribution in [0.25, 0.3) is 5.69 Å². The number of likely N-dealkylation sites (N-methyl/N-ethyl adjacent to an activating group) is 1. The first-order valence-corrected chi connectivity index (χ1v) is 8.05. The van der Waals surface area contributed by atoms with Crippen LogP contribution in [-0.2, 0) is 0 Å². The highest BCUT2D eigenvalue weighted by atomic mass is 35.5. The predicted molar refractivity (Wildman–Crippen MR) is 93.6 cm³/mol. The Hall–Kier alpha value is -1.85. The van der Waals surface area contributed by atoms with Gasteiger partial charge in [-0.3, -0.25) is 4.79 Å². The summed E-state index contributed by atoms with van der Waals surface area (Å²) in [6.07, 6.45) is 1.61. The summed E-state index contributed by atoms with van der Waals surface area (Å²) in [7, 11) is 3.95. The molecular formula is C17H23ClN4O. The van der Waals surface area contributed by atoms with Crippen molar-refractivity contribution in [1.29, 1.82) is 0 Å². The fourth-order valence-corrected chi connectivity index (χ4v) is 2.61. The van der Waals surface area contributed by atoms with Gasteiger partial charge in [-0.15, -0.1) is 0 Å². The highest BCUT2D eigenvalue weighted by Gasteiger charge is 2.21. The third-order valence-electron chi connectivity index (χ3n) is 3.52. The van der Waals surface area contributed by atoms with Crippen LogP contribution in [-0.4, -0.2) is 47.8 Å². The van der Waals surface area contributed by atoms with Crippen molar-refractivity contribution in [3.8, 4) is 5.69 Å². The molecule has 2 rings (SSSR count). The van der Waals surface area contributed by atoms with Crippen LogP contribution >= 0.6 is 11.6 Å². The second-order valence-electron chi connectivity index (χ2n) is 6.02. The fraction of sp³-hybridized carbons (Fsp3) is 0.412. The second kappa shape index (κ2) is 7.62. The lowest BCUT2D eigenvalue weighted by atomic mass is 10.1. The minimum atomic E-state index is -0.103. The van der Waals surface area contributed by atoms with Gasteiger partial charge in [-0.05, 0) is 32.1 Å². The summed E-state index contributed by atoms with van der Waals surface area (Å²) in [4.78, 5) is 14.5. The molecule has 0 radical (unpaired) electrons. The average Bonchev–Trinajstić information content (AvgIpc) is 2.92. The van der Waals surface area contributed by atoms with Crippen LogP contribution in [0, 0.1) is 0 Å². The minimum absolute atomic E-state index is 0.103. The van der Waals surface area contributed by atoms with Crippen molar-refractivity contribution in [2.45, 2.75) is 19.8 Å². The van der Waals surface area contributed by atoms with Gasteiger partial charge in [0, 0.05) is 13.1 Å². The Morgan fingerprint density at radius 1 is 1.35 bits per heavy atom. The Labute approximate surface area is 142 Å². The number of halogens is 1. The molecule has 2 aromatic rings. The van der Waals surface area contributed by atoms with Crippen molar-refractivity contribution in [2.75, 3.05) is 27.2 Å². The van der Waals surface area contributed by atoms with Crippen molar-refractivity contribution < 1.29 is 4.79 Å². The molecule has 1 aromatic carbocycles. The molecule has 1 aromatic heterocycles. The van der Waals surface area contributed by atoms with Crippen LogP contribution < -0.4 is 5.32 Å². The molecule has 0 aliphatic rings. The monoisotopic (exact) mass is 334 g/mol. The summed E-state index contributed by atoms with van der Waals surface area (Å²) >= 11 is 6.28. The molecule has 0 saturated carbocycles. The minimum Gasteiger partial charge on any atom is -0.351 e. The van der Waals surface area contributed by atoms with Gasteiger partial charge in [0.05, 0.1) is 28.2 Å². The molecule has 0 aliphatic heterocycles. The Morgan fingerprint density at radius 3 is 2.65 bits per heavy atom. The first-order valence-electron chi connectivity index (χ1n) is 7.67. The number of hydrogen-bond acceptors (Lipinski definition) is 3. The van der Waals surface area contributed by atoms with Gasteiger partial charge in [0.1, 0.15) is 0 Å². The lowest BCUT2D eigenvalue weighted by Crippen LogP contribution is -2.31. The molecule has 0 unspecified atom stereocenters. The SMILES string of the molecule is CC(C)c1c(C(=O)NCCN(C)C)cnn1-c1ccccc1Cl. The van der Waals surface area contributed by atoms with Crippen molar-refractivity contribution >= 4 is 17.5 Å². The largest absolute Gasteiger partial charge is 0.351 e. The number of aromatic nitrogens is 2. The Kier molecular flexibility index (Phi) is 5.80. The van der Waals surface area contributed by atoms with E-state index in [1.165, 1.54) is 0 Å². The van der Waals surface area contributed by atoms with Crippen LogP contribution in [0.2, 0.25) is 5.02 Å². The number of carbonyl (C=O) groups is 1. The van der Waals surface area contributed by atoms with E-state index in [0.29, 0.717) is 17.1 Å². The Morgan fingerprint density at radius 2 is 2.04 bits per heavy atom. The van der Waals surface area contributed by atoms with Crippen molar-refractivity contribution in [1.82, 2.24) is 20.0 Å². The van der Waals surface area contributed by atoms with Gasteiger partial charge >= 0.3 is 0 Å². The topological polar surface area (TPSA) is 50.2 Å². The van der Waals surface area contributed by atoms with E-state index in [4.69, 9.17) is 11.6 Å². The fourth-order valence-electron chi connectivity index (χ4n) is 2.39. The first-order chi connectivity index (χ1) is 10.9. The standard InChI is InChI=1S/C17H23ClN4O/c1-12(2)16-13(17(23)19-9-10-21(3)4)11-20-22(16)15-8-6-5-7-14(15)18/h5-8,11-12H,9-10H2,1-4H3,(H,19,23). The van der Waals surface area contributed by atoms with Crippen molar-refractivity contribution in [3.05, 3.63) is 46.7 Å². The normalized spacial score (nSPS) is 11.3. The number of para-hydroxylation sites is 1. The van der Waals surface area contributed by atoms with Gasteiger partial charge in [-0.1, -0.05) is 37.6 Å². The number of rotatable bonds is 6. The van der Waals surface area contributed by atoms with Gasteiger partial charge in [-0.25, -0.2) is 4.68 Å². The number of benzene rings is 1. The zero-order valence-electron chi connectivity index (χ0n) is 14.0. The molecule has 6 heteroatoms. The summed E-state index contributed by atoms with van der Waals surface area (Å²) in [6, 6.07) is 7.50. The first kappa shape index (κ1) is 17.5. The third-order valence-corrected chi connectivity index (χ3v) is 3.84. The van der Waals surface area contributed by atoms with Crippen LogP contribution in [0.15, 0.2) is 30.5 Å². The summed E-state index contributed by atoms with van der Waals surface area (Å²) in [5.41, 5.74) is 2.24. The van der Waals surface area contributed by atoms with Crippen LogP contribution in [0.4, 0.5) is 0 Å². The van der Waals surface area contributed by atoms with Crippen LogP contribution in [0.1, 0.15) is 35.8 Å². The molecule has 0 saturated heterocycles. The van der Waals surface area contributed by atoms with Gasteiger partial charge in [0.25, 0.3) is 5.91 Å². The Bertz CT molecular complexity index is 679. The molecule has 1 amide bonds. The van der Waals surface area contributed by atoms with Crippen molar-refractivity contribution in [2.24, 2.45) is 0 Å². The number of amides is 1. The highest BCUT2D eigenvalue weighted by molar-refractivity contribution is 6.32. The zero-order chi connectivity index (χ0) is 17.0. The van der Waals surface area contributed by atoms with E-state index in [-0.39, 0.29) is 11.8 Å². The van der Waals surface area contributed by atoms with Gasteiger partial charge < -0.3 is 10.2 Å². The molecule has 0 bridgehead atoms. The molecule has 5 nitrogen and oxygen atoms in total. The lowest BCUT2D eigenvalue weighted by Gasteiger charge is -2.14.